The van der Waals surface area contributed by atoms with E-state index in [9.17, 15) is 4.79 Å². The number of thioether (sulfide) groups is 1. The zero-order valence-corrected chi connectivity index (χ0v) is 8.04. The van der Waals surface area contributed by atoms with Gasteiger partial charge in [-0.25, -0.2) is 0 Å². The lowest BCUT2D eigenvalue weighted by molar-refractivity contribution is 0.102. The molecule has 0 saturated carbocycles. The fraction of sp³-hybridized carbons (Fsp3) is 0.100. The van der Waals surface area contributed by atoms with E-state index in [-0.39, 0.29) is 11.5 Å². The highest BCUT2D eigenvalue weighted by Gasteiger charge is 2.05. The highest BCUT2D eigenvalue weighted by Crippen LogP contribution is 2.08. The maximum Gasteiger partial charge on any atom is 0.173 e. The maximum atomic E-state index is 11.4. The van der Waals surface area contributed by atoms with Gasteiger partial charge in [-0.15, -0.1) is 0 Å². The summed E-state index contributed by atoms with van der Waals surface area (Å²) in [6.45, 7) is 0. The SMILES string of the molecule is N#CSCC(=O)c1cccc(C#N)c1. The Morgan fingerprint density at radius 2 is 2.21 bits per heavy atom. The molecule has 4 heteroatoms. The number of benzene rings is 1. The second kappa shape index (κ2) is 5.06. The Kier molecular flexibility index (Phi) is 3.72. The highest BCUT2D eigenvalue weighted by molar-refractivity contribution is 8.04. The summed E-state index contributed by atoms with van der Waals surface area (Å²) >= 11 is 0.898. The van der Waals surface area contributed by atoms with Gasteiger partial charge >= 0.3 is 0 Å². The van der Waals surface area contributed by atoms with Crippen molar-refractivity contribution in [3.8, 4) is 11.5 Å². The average Bonchev–Trinajstić information content (AvgIpc) is 2.26. The lowest BCUT2D eigenvalue weighted by Crippen LogP contribution is -2.01. The van der Waals surface area contributed by atoms with Gasteiger partial charge in [0.2, 0.25) is 0 Å². The Morgan fingerprint density at radius 3 is 2.86 bits per heavy atom. The molecule has 14 heavy (non-hydrogen) atoms. The number of nitrogens with zero attached hydrogens (tertiary/aromatic N) is 2. The Hall–Kier alpha value is -1.78. The quantitative estimate of drug-likeness (QED) is 0.555. The molecule has 68 valence electrons. The molecule has 0 heterocycles. The van der Waals surface area contributed by atoms with Gasteiger partial charge in [-0.3, -0.25) is 4.79 Å². The minimum Gasteiger partial charge on any atom is -0.293 e. The van der Waals surface area contributed by atoms with Crippen LogP contribution in [0.2, 0.25) is 0 Å². The number of hydrogen-bond acceptors (Lipinski definition) is 4. The van der Waals surface area contributed by atoms with E-state index in [4.69, 9.17) is 10.5 Å². The normalized spacial score (nSPS) is 8.71. The number of hydrogen-bond donors (Lipinski definition) is 0. The van der Waals surface area contributed by atoms with Crippen molar-refractivity contribution < 1.29 is 4.79 Å². The highest BCUT2D eigenvalue weighted by atomic mass is 32.2. The second-order valence-corrected chi connectivity index (χ2v) is 3.26. The number of thiocyanates is 1. The third-order valence-electron chi connectivity index (χ3n) is 1.58. The molecule has 0 fully saturated rings. The van der Waals surface area contributed by atoms with Gasteiger partial charge in [-0.1, -0.05) is 12.1 Å². The molecule has 3 nitrogen and oxygen atoms in total. The van der Waals surface area contributed by atoms with Crippen molar-refractivity contribution in [1.29, 1.82) is 10.5 Å². The summed E-state index contributed by atoms with van der Waals surface area (Å²) < 4.78 is 0. The second-order valence-electron chi connectivity index (χ2n) is 2.50. The van der Waals surface area contributed by atoms with Crippen molar-refractivity contribution in [3.63, 3.8) is 0 Å². The van der Waals surface area contributed by atoms with Crippen LogP contribution in [0.5, 0.6) is 0 Å². The summed E-state index contributed by atoms with van der Waals surface area (Å²) in [4.78, 5) is 11.4. The van der Waals surface area contributed by atoms with E-state index in [1.54, 1.807) is 18.2 Å². The van der Waals surface area contributed by atoms with Crippen molar-refractivity contribution in [3.05, 3.63) is 35.4 Å². The third kappa shape index (κ3) is 2.62. The van der Waals surface area contributed by atoms with Gasteiger partial charge in [0.1, 0.15) is 5.40 Å². The molecule has 0 aliphatic carbocycles. The fourth-order valence-electron chi connectivity index (χ4n) is 0.943. The number of nitriles is 2. The van der Waals surface area contributed by atoms with Crippen molar-refractivity contribution in [2.75, 3.05) is 5.75 Å². The van der Waals surface area contributed by atoms with E-state index >= 15 is 0 Å². The average molecular weight is 202 g/mol. The van der Waals surface area contributed by atoms with Crippen LogP contribution in [0.15, 0.2) is 24.3 Å². The molecule has 0 spiro atoms. The molecule has 0 aromatic heterocycles. The van der Waals surface area contributed by atoms with Gasteiger partial charge in [-0.2, -0.15) is 10.5 Å². The molecule has 0 radical (unpaired) electrons. The number of ketones is 1. The first kappa shape index (κ1) is 10.3. The van der Waals surface area contributed by atoms with Crippen LogP contribution < -0.4 is 0 Å². The number of carbonyl (C=O) groups is 1. The van der Waals surface area contributed by atoms with E-state index < -0.39 is 0 Å². The number of Topliss-reactive ketones (excluding diaryl/α,β-unsaturated/α-hetero) is 1. The van der Waals surface area contributed by atoms with E-state index in [1.165, 1.54) is 6.07 Å². The van der Waals surface area contributed by atoms with Crippen LogP contribution >= 0.6 is 11.8 Å². The van der Waals surface area contributed by atoms with Gasteiger partial charge < -0.3 is 0 Å². The van der Waals surface area contributed by atoms with Crippen LogP contribution in [0.3, 0.4) is 0 Å². The van der Waals surface area contributed by atoms with Crippen molar-refractivity contribution in [2.24, 2.45) is 0 Å². The zero-order chi connectivity index (χ0) is 10.4. The van der Waals surface area contributed by atoms with Crippen LogP contribution in [0.1, 0.15) is 15.9 Å². The molecule has 0 N–H and O–H groups in total. The van der Waals surface area contributed by atoms with Gasteiger partial charge in [0.15, 0.2) is 5.78 Å². The van der Waals surface area contributed by atoms with E-state index in [0.29, 0.717) is 11.1 Å². The van der Waals surface area contributed by atoms with Gasteiger partial charge in [0.25, 0.3) is 0 Å². The first-order valence-electron chi connectivity index (χ1n) is 3.82. The van der Waals surface area contributed by atoms with Gasteiger partial charge in [0.05, 0.1) is 17.4 Å². The number of rotatable bonds is 3. The van der Waals surface area contributed by atoms with Crippen LogP contribution in [0.25, 0.3) is 0 Å². The predicted molar refractivity (Wildman–Crippen MR) is 53.6 cm³/mol. The Balaban J connectivity index is 2.82. The molecule has 0 amide bonds. The van der Waals surface area contributed by atoms with Crippen LogP contribution in [-0.4, -0.2) is 11.5 Å². The fourth-order valence-corrected chi connectivity index (χ4v) is 1.31. The third-order valence-corrected chi connectivity index (χ3v) is 2.12. The summed E-state index contributed by atoms with van der Waals surface area (Å²) in [6, 6.07) is 8.41. The molecule has 1 aromatic rings. The standard InChI is InChI=1S/C10H6N2OS/c11-5-8-2-1-3-9(4-8)10(13)6-14-7-12/h1-4H,6H2. The monoisotopic (exact) mass is 202 g/mol. The summed E-state index contributed by atoms with van der Waals surface area (Å²) in [5.41, 5.74) is 0.935. The summed E-state index contributed by atoms with van der Waals surface area (Å²) in [5, 5.41) is 18.7. The van der Waals surface area contributed by atoms with Crippen LogP contribution in [-0.2, 0) is 0 Å². The first-order chi connectivity index (χ1) is 6.77. The predicted octanol–water partition coefficient (Wildman–Crippen LogP) is 1.96. The molecule has 0 aliphatic heterocycles. The Bertz CT molecular complexity index is 428. The van der Waals surface area contributed by atoms with Crippen molar-refractivity contribution >= 4 is 17.5 Å². The largest absolute Gasteiger partial charge is 0.293 e. The lowest BCUT2D eigenvalue weighted by Gasteiger charge is -1.97. The lowest BCUT2D eigenvalue weighted by atomic mass is 10.1. The molecular formula is C10H6N2OS. The van der Waals surface area contributed by atoms with Crippen LogP contribution in [0.4, 0.5) is 0 Å². The summed E-state index contributed by atoms with van der Waals surface area (Å²) in [5.74, 6) is -0.000540. The summed E-state index contributed by atoms with van der Waals surface area (Å²) in [6.07, 6.45) is 0. The van der Waals surface area contributed by atoms with Crippen molar-refractivity contribution in [1.82, 2.24) is 0 Å². The number of carbonyl (C=O) groups excluding carboxylic acids is 1. The smallest absolute Gasteiger partial charge is 0.173 e. The first-order valence-corrected chi connectivity index (χ1v) is 4.80. The maximum absolute atomic E-state index is 11.4. The minimum atomic E-state index is -0.131. The molecule has 0 bridgehead atoms. The molecule has 1 aromatic carbocycles. The summed E-state index contributed by atoms with van der Waals surface area (Å²) in [7, 11) is 0. The van der Waals surface area contributed by atoms with Gasteiger partial charge in [-0.05, 0) is 23.9 Å². The molecule has 0 atom stereocenters. The Labute approximate surface area is 86.0 Å². The van der Waals surface area contributed by atoms with Gasteiger partial charge in [0, 0.05) is 5.56 Å². The molecular weight excluding hydrogens is 196 g/mol. The topological polar surface area (TPSA) is 64.7 Å². The molecule has 0 aliphatic rings. The zero-order valence-electron chi connectivity index (χ0n) is 7.23. The molecule has 1 rings (SSSR count). The van der Waals surface area contributed by atoms with Crippen molar-refractivity contribution in [2.45, 2.75) is 0 Å². The Morgan fingerprint density at radius 1 is 1.43 bits per heavy atom. The molecule has 0 saturated heterocycles. The van der Waals surface area contributed by atoms with Crippen LogP contribution in [0, 0.1) is 22.0 Å². The minimum absolute atomic E-state index is 0.130. The molecule has 0 unspecified atom stereocenters. The van der Waals surface area contributed by atoms with E-state index in [0.717, 1.165) is 11.8 Å². The van der Waals surface area contributed by atoms with E-state index in [1.807, 2.05) is 11.5 Å². The van der Waals surface area contributed by atoms with E-state index in [2.05, 4.69) is 0 Å².